The van der Waals surface area contributed by atoms with Crippen molar-refractivity contribution in [2.24, 2.45) is 0 Å². The number of benzene rings is 2. The number of aromatic nitrogens is 2. The van der Waals surface area contributed by atoms with E-state index in [2.05, 4.69) is 25.1 Å². The molecule has 1 aliphatic carbocycles. The second kappa shape index (κ2) is 11.8. The highest BCUT2D eigenvalue weighted by Crippen LogP contribution is 2.52. The maximum absolute atomic E-state index is 13.5. The second-order valence-corrected chi connectivity index (χ2v) is 12.6. The molecule has 2 amide bonds. The van der Waals surface area contributed by atoms with Crippen molar-refractivity contribution in [2.45, 2.75) is 36.5 Å². The van der Waals surface area contributed by atoms with Crippen molar-refractivity contribution in [3.8, 4) is 22.8 Å². The van der Waals surface area contributed by atoms with Crippen LogP contribution in [0.3, 0.4) is 0 Å². The molecule has 3 heterocycles. The minimum absolute atomic E-state index is 0.0655. The molecule has 0 radical (unpaired) electrons. The van der Waals surface area contributed by atoms with Gasteiger partial charge in [0.15, 0.2) is 11.5 Å². The number of pyridine rings is 2. The molecule has 6 rings (SSSR count). The van der Waals surface area contributed by atoms with E-state index in [9.17, 15) is 18.4 Å². The van der Waals surface area contributed by atoms with E-state index in [1.807, 2.05) is 37.3 Å². The molecule has 4 aromatic rings. The quantitative estimate of drug-likeness (QED) is 0.151. The highest BCUT2D eigenvalue weighted by Gasteiger charge is 2.53. The van der Waals surface area contributed by atoms with Crippen LogP contribution in [0.4, 0.5) is 14.6 Å². The minimum Gasteiger partial charge on any atom is -0.395 e. The molecule has 2 aromatic heterocycles. The lowest BCUT2D eigenvalue weighted by atomic mass is 9.94. The summed E-state index contributed by atoms with van der Waals surface area (Å²) in [6.07, 6.45) is -0.856. The Labute approximate surface area is 254 Å². The van der Waals surface area contributed by atoms with Gasteiger partial charge in [0, 0.05) is 29.6 Å². The molecule has 0 unspecified atom stereocenters. The Morgan fingerprint density at radius 3 is 2.60 bits per heavy atom. The Hall–Kier alpha value is -4.16. The lowest BCUT2D eigenvalue weighted by Gasteiger charge is -2.17. The van der Waals surface area contributed by atoms with Crippen LogP contribution in [0, 0.1) is 6.92 Å². The molecular weight excluding hydrogens is 594 g/mol. The molecule has 0 spiro atoms. The van der Waals surface area contributed by atoms with E-state index in [1.54, 1.807) is 58.1 Å². The van der Waals surface area contributed by atoms with Crippen molar-refractivity contribution in [3.63, 3.8) is 0 Å². The Morgan fingerprint density at radius 1 is 0.977 bits per heavy atom. The van der Waals surface area contributed by atoms with E-state index >= 15 is 0 Å². The molecule has 2 aromatic carbocycles. The van der Waals surface area contributed by atoms with E-state index in [4.69, 9.17) is 4.98 Å². The van der Waals surface area contributed by atoms with Crippen LogP contribution in [-0.4, -0.2) is 40.4 Å². The van der Waals surface area contributed by atoms with Crippen molar-refractivity contribution in [2.75, 3.05) is 17.6 Å². The summed E-state index contributed by atoms with van der Waals surface area (Å²) in [4.78, 5) is 35.2. The first-order chi connectivity index (χ1) is 20.7. The number of carbonyl (C=O) groups excluding carboxylic acids is 2. The zero-order chi connectivity index (χ0) is 30.0. The summed E-state index contributed by atoms with van der Waals surface area (Å²) in [5, 5.41) is 6.76. The number of halogens is 2. The third kappa shape index (κ3) is 6.45. The van der Waals surface area contributed by atoms with Gasteiger partial charge in [-0.15, -0.1) is 8.78 Å². The summed E-state index contributed by atoms with van der Waals surface area (Å²) < 4.78 is 36.0. The van der Waals surface area contributed by atoms with Crippen molar-refractivity contribution >= 4 is 39.2 Å². The van der Waals surface area contributed by atoms with Crippen molar-refractivity contribution in [1.29, 1.82) is 0 Å². The number of fused-ring (bicyclic) bond motifs is 1. The number of rotatable bonds is 10. The molecular formula is C31H26F2N4O4S2. The van der Waals surface area contributed by atoms with Gasteiger partial charge >= 0.3 is 6.29 Å². The fourth-order valence-electron chi connectivity index (χ4n) is 4.76. The van der Waals surface area contributed by atoms with Gasteiger partial charge in [0.2, 0.25) is 5.91 Å². The maximum atomic E-state index is 13.5. The van der Waals surface area contributed by atoms with E-state index in [-0.39, 0.29) is 23.3 Å². The summed E-state index contributed by atoms with van der Waals surface area (Å²) in [5.41, 5.74) is 2.45. The van der Waals surface area contributed by atoms with Crippen LogP contribution in [0.15, 0.2) is 84.0 Å². The predicted molar refractivity (Wildman–Crippen MR) is 161 cm³/mol. The SMILES string of the molecule is Cc1ccc(NC(=O)C2(c3ccc4c(c3)OC(F)(F)O4)CC2)nc1-c1cccc(C(=O)NCCSSc2ccccn2)c1. The standard InChI is InChI=1S/C31H26F2N4O4S2/c1-19-8-11-25(37-29(39)30(12-13-30)22-9-10-23-24(18-22)41-31(32,33)40-23)36-27(19)20-5-4-6-21(17-20)28(38)35-15-16-42-43-26-7-2-3-14-34-26/h2-11,14,17-18H,12-13,15-16H2,1H3,(H,35,38)(H,36,37,39). The molecule has 2 aliphatic rings. The number of alkyl halides is 2. The van der Waals surface area contributed by atoms with Crippen LogP contribution in [0.25, 0.3) is 11.3 Å². The van der Waals surface area contributed by atoms with Gasteiger partial charge in [0.1, 0.15) is 10.8 Å². The van der Waals surface area contributed by atoms with Gasteiger partial charge in [0.05, 0.1) is 11.1 Å². The van der Waals surface area contributed by atoms with Crippen molar-refractivity contribution in [3.05, 3.63) is 95.7 Å². The van der Waals surface area contributed by atoms with E-state index in [0.29, 0.717) is 42.0 Å². The Balaban J connectivity index is 1.10. The highest BCUT2D eigenvalue weighted by molar-refractivity contribution is 8.76. The van der Waals surface area contributed by atoms with Gasteiger partial charge in [-0.2, -0.15) is 0 Å². The first-order valence-corrected chi connectivity index (χ1v) is 15.8. The third-order valence-corrected chi connectivity index (χ3v) is 9.40. The molecule has 0 atom stereocenters. The highest BCUT2D eigenvalue weighted by atomic mass is 33.1. The molecule has 12 heteroatoms. The number of carbonyl (C=O) groups is 2. The Kier molecular flexibility index (Phi) is 7.97. The largest absolute Gasteiger partial charge is 0.586 e. The molecule has 43 heavy (non-hydrogen) atoms. The fraction of sp³-hybridized carbons (Fsp3) is 0.226. The second-order valence-electron chi connectivity index (χ2n) is 10.1. The average Bonchev–Trinajstić information content (AvgIpc) is 3.75. The monoisotopic (exact) mass is 620 g/mol. The average molecular weight is 621 g/mol. The smallest absolute Gasteiger partial charge is 0.395 e. The number of hydrogen-bond acceptors (Lipinski definition) is 8. The number of amides is 2. The predicted octanol–water partition coefficient (Wildman–Crippen LogP) is 6.61. The summed E-state index contributed by atoms with van der Waals surface area (Å²) >= 11 is 0. The molecule has 2 N–H and O–H groups in total. The van der Waals surface area contributed by atoms with Crippen LogP contribution in [0.2, 0.25) is 0 Å². The van der Waals surface area contributed by atoms with Gasteiger partial charge in [-0.3, -0.25) is 9.59 Å². The van der Waals surface area contributed by atoms with Crippen LogP contribution in [0.5, 0.6) is 11.5 Å². The lowest BCUT2D eigenvalue weighted by molar-refractivity contribution is -0.286. The Morgan fingerprint density at radius 2 is 1.81 bits per heavy atom. The molecule has 1 fully saturated rings. The van der Waals surface area contributed by atoms with Crippen LogP contribution >= 0.6 is 21.6 Å². The minimum atomic E-state index is -3.72. The molecule has 220 valence electrons. The van der Waals surface area contributed by atoms with E-state index in [1.165, 1.54) is 12.1 Å². The third-order valence-electron chi connectivity index (χ3n) is 7.13. The number of nitrogens with one attached hydrogen (secondary N) is 2. The van der Waals surface area contributed by atoms with Gasteiger partial charge < -0.3 is 20.1 Å². The van der Waals surface area contributed by atoms with Crippen molar-refractivity contribution < 1.29 is 27.8 Å². The van der Waals surface area contributed by atoms with Crippen molar-refractivity contribution in [1.82, 2.24) is 15.3 Å². The summed E-state index contributed by atoms with van der Waals surface area (Å²) in [7, 11) is 3.18. The van der Waals surface area contributed by atoms with E-state index < -0.39 is 11.7 Å². The van der Waals surface area contributed by atoms with E-state index in [0.717, 1.165) is 21.9 Å². The zero-order valence-corrected chi connectivity index (χ0v) is 24.6. The van der Waals surface area contributed by atoms with Gasteiger partial charge in [-0.05, 0) is 84.2 Å². The number of hydrogen-bond donors (Lipinski definition) is 2. The number of aryl methyl sites for hydroxylation is 1. The van der Waals surface area contributed by atoms with Crippen LogP contribution in [0.1, 0.15) is 34.3 Å². The van der Waals surface area contributed by atoms with Gasteiger partial charge in [0.25, 0.3) is 5.91 Å². The maximum Gasteiger partial charge on any atom is 0.586 e. The zero-order valence-electron chi connectivity index (χ0n) is 22.9. The van der Waals surface area contributed by atoms with Crippen LogP contribution in [-0.2, 0) is 10.2 Å². The number of anilines is 1. The van der Waals surface area contributed by atoms with Gasteiger partial charge in [-0.1, -0.05) is 41.1 Å². The molecule has 1 aliphatic heterocycles. The summed E-state index contributed by atoms with van der Waals surface area (Å²) in [6.45, 7) is 2.40. The Bertz CT molecular complexity index is 1690. The summed E-state index contributed by atoms with van der Waals surface area (Å²) in [5.74, 6) is 0.432. The fourth-order valence-corrected chi connectivity index (χ4v) is 6.55. The molecule has 1 saturated carbocycles. The lowest BCUT2D eigenvalue weighted by Crippen LogP contribution is -2.28. The normalized spacial score (nSPS) is 15.5. The topological polar surface area (TPSA) is 102 Å². The first-order valence-electron chi connectivity index (χ1n) is 13.5. The molecule has 0 bridgehead atoms. The first kappa shape index (κ1) is 28.9. The van der Waals surface area contributed by atoms with Crippen LogP contribution < -0.4 is 20.1 Å². The van der Waals surface area contributed by atoms with Gasteiger partial charge in [-0.25, -0.2) is 9.97 Å². The number of nitrogens with zero attached hydrogens (tertiary/aromatic N) is 2. The summed E-state index contributed by atoms with van der Waals surface area (Å²) in [6, 6.07) is 20.9. The molecule has 0 saturated heterocycles. The number of ether oxygens (including phenoxy) is 2. The molecule has 8 nitrogen and oxygen atoms in total.